The molecule has 2 aromatic rings. The zero-order chi connectivity index (χ0) is 17.5. The topological polar surface area (TPSA) is 64.6 Å². The molecule has 0 unspecified atom stereocenters. The minimum absolute atomic E-state index is 0.0320. The van der Waals surface area contributed by atoms with Gasteiger partial charge in [0, 0.05) is 5.56 Å². The zero-order valence-electron chi connectivity index (χ0n) is 13.5. The third-order valence-corrected chi connectivity index (χ3v) is 3.61. The number of methoxy groups -OCH3 is 1. The quantitative estimate of drug-likeness (QED) is 0.813. The largest absolute Gasteiger partial charge is 0.496 e. The molecule has 0 aromatic heterocycles. The highest BCUT2D eigenvalue weighted by Gasteiger charge is 2.13. The molecule has 0 aliphatic carbocycles. The van der Waals surface area contributed by atoms with Crippen molar-refractivity contribution in [1.29, 1.82) is 0 Å². The summed E-state index contributed by atoms with van der Waals surface area (Å²) in [5.74, 6) is -0.348. The minimum atomic E-state index is -0.506. The van der Waals surface area contributed by atoms with E-state index in [0.717, 1.165) is 5.56 Å². The van der Waals surface area contributed by atoms with Crippen molar-refractivity contribution in [3.8, 4) is 5.75 Å². The van der Waals surface area contributed by atoms with Crippen LogP contribution in [0, 0.1) is 6.92 Å². The lowest BCUT2D eigenvalue weighted by Crippen LogP contribution is -2.21. The van der Waals surface area contributed by atoms with Gasteiger partial charge in [0.15, 0.2) is 6.61 Å². The predicted octanol–water partition coefficient (Wildman–Crippen LogP) is 3.38. The number of para-hydroxylation sites is 1. The van der Waals surface area contributed by atoms with Crippen LogP contribution in [0.3, 0.4) is 0 Å². The van der Waals surface area contributed by atoms with Gasteiger partial charge in [0.25, 0.3) is 5.91 Å². The Morgan fingerprint density at radius 2 is 1.92 bits per heavy atom. The van der Waals surface area contributed by atoms with Gasteiger partial charge < -0.3 is 14.8 Å². The number of aryl methyl sites for hydroxylation is 1. The van der Waals surface area contributed by atoms with Gasteiger partial charge in [-0.15, -0.1) is 0 Å². The highest BCUT2D eigenvalue weighted by atomic mass is 35.5. The summed E-state index contributed by atoms with van der Waals surface area (Å²) in [5, 5.41) is 3.01. The predicted molar refractivity (Wildman–Crippen MR) is 92.5 cm³/mol. The Bertz CT molecular complexity index is 746. The van der Waals surface area contributed by atoms with Gasteiger partial charge in [-0.1, -0.05) is 41.4 Å². The Morgan fingerprint density at radius 3 is 2.62 bits per heavy atom. The Morgan fingerprint density at radius 1 is 1.17 bits per heavy atom. The number of rotatable bonds is 6. The highest BCUT2D eigenvalue weighted by molar-refractivity contribution is 6.33. The molecule has 0 atom stereocenters. The second-order valence-electron chi connectivity index (χ2n) is 5.18. The summed E-state index contributed by atoms with van der Waals surface area (Å²) in [6.45, 7) is 1.55. The third-order valence-electron chi connectivity index (χ3n) is 3.28. The van der Waals surface area contributed by atoms with E-state index in [1.165, 1.54) is 7.11 Å². The van der Waals surface area contributed by atoms with Crippen LogP contribution in [0.2, 0.25) is 5.02 Å². The number of halogens is 1. The Hall–Kier alpha value is -2.53. The van der Waals surface area contributed by atoms with Gasteiger partial charge in [-0.05, 0) is 25.1 Å². The first-order chi connectivity index (χ1) is 11.5. The fourth-order valence-corrected chi connectivity index (χ4v) is 2.33. The first-order valence-corrected chi connectivity index (χ1v) is 7.71. The summed E-state index contributed by atoms with van der Waals surface area (Å²) in [7, 11) is 1.54. The molecule has 2 rings (SSSR count). The van der Waals surface area contributed by atoms with Crippen LogP contribution in [-0.4, -0.2) is 25.6 Å². The first kappa shape index (κ1) is 17.8. The van der Waals surface area contributed by atoms with Crippen LogP contribution in [0.15, 0.2) is 42.5 Å². The highest BCUT2D eigenvalue weighted by Crippen LogP contribution is 2.21. The molecule has 126 valence electrons. The van der Waals surface area contributed by atoms with E-state index in [1.54, 1.807) is 30.3 Å². The average Bonchev–Trinajstić information content (AvgIpc) is 2.55. The van der Waals surface area contributed by atoms with Gasteiger partial charge in [-0.3, -0.25) is 9.59 Å². The molecular formula is C18H18ClNO4. The van der Waals surface area contributed by atoms with Crippen LogP contribution in [0.4, 0.5) is 5.69 Å². The fourth-order valence-electron chi connectivity index (χ4n) is 2.15. The normalized spacial score (nSPS) is 10.1. The number of benzene rings is 2. The summed E-state index contributed by atoms with van der Waals surface area (Å²) in [4.78, 5) is 23.8. The molecule has 0 radical (unpaired) electrons. The van der Waals surface area contributed by atoms with E-state index in [-0.39, 0.29) is 13.0 Å². The van der Waals surface area contributed by atoms with E-state index < -0.39 is 11.9 Å². The fraction of sp³-hybridized carbons (Fsp3) is 0.222. The van der Waals surface area contributed by atoms with Crippen molar-refractivity contribution >= 4 is 29.2 Å². The maximum absolute atomic E-state index is 11.9. The SMILES string of the molecule is COc1ccc(C)cc1CC(=O)OCC(=O)Nc1ccccc1Cl. The summed E-state index contributed by atoms with van der Waals surface area (Å²) >= 11 is 5.95. The van der Waals surface area contributed by atoms with Crippen LogP contribution in [0.25, 0.3) is 0 Å². The lowest BCUT2D eigenvalue weighted by molar-refractivity contribution is -0.146. The molecule has 5 nitrogen and oxygen atoms in total. The zero-order valence-corrected chi connectivity index (χ0v) is 14.2. The molecule has 6 heteroatoms. The number of esters is 1. The van der Waals surface area contributed by atoms with E-state index in [2.05, 4.69) is 5.32 Å². The maximum Gasteiger partial charge on any atom is 0.310 e. The number of ether oxygens (including phenoxy) is 2. The van der Waals surface area contributed by atoms with Crippen molar-refractivity contribution in [3.63, 3.8) is 0 Å². The van der Waals surface area contributed by atoms with Crippen molar-refractivity contribution < 1.29 is 19.1 Å². The van der Waals surface area contributed by atoms with Gasteiger partial charge in [0.2, 0.25) is 0 Å². The molecular weight excluding hydrogens is 330 g/mol. The second-order valence-corrected chi connectivity index (χ2v) is 5.59. The summed E-state index contributed by atoms with van der Waals surface area (Å²) in [5.41, 5.74) is 2.20. The summed E-state index contributed by atoms with van der Waals surface area (Å²) < 4.78 is 10.2. The molecule has 0 aliphatic rings. The second kappa shape index (κ2) is 8.36. The van der Waals surface area contributed by atoms with Crippen molar-refractivity contribution in [2.75, 3.05) is 19.0 Å². The number of carbonyl (C=O) groups excluding carboxylic acids is 2. The maximum atomic E-state index is 11.9. The molecule has 2 aromatic carbocycles. The van der Waals surface area contributed by atoms with Gasteiger partial charge in [-0.25, -0.2) is 0 Å². The van der Waals surface area contributed by atoms with Crippen molar-refractivity contribution in [1.82, 2.24) is 0 Å². The number of hydrogen-bond acceptors (Lipinski definition) is 4. The van der Waals surface area contributed by atoms with Gasteiger partial charge in [0.05, 0.1) is 24.2 Å². The molecule has 0 fully saturated rings. The van der Waals surface area contributed by atoms with E-state index in [1.807, 2.05) is 19.1 Å². The number of carbonyl (C=O) groups is 2. The lowest BCUT2D eigenvalue weighted by Gasteiger charge is -2.10. The minimum Gasteiger partial charge on any atom is -0.496 e. The van der Waals surface area contributed by atoms with E-state index >= 15 is 0 Å². The van der Waals surface area contributed by atoms with E-state index in [9.17, 15) is 9.59 Å². The van der Waals surface area contributed by atoms with Crippen molar-refractivity contribution in [2.24, 2.45) is 0 Å². The number of hydrogen-bond donors (Lipinski definition) is 1. The standard InChI is InChI=1S/C18H18ClNO4/c1-12-7-8-16(23-2)13(9-12)10-18(22)24-11-17(21)20-15-6-4-3-5-14(15)19/h3-9H,10-11H2,1-2H3,(H,20,21). The van der Waals surface area contributed by atoms with Gasteiger partial charge in [0.1, 0.15) is 5.75 Å². The monoisotopic (exact) mass is 347 g/mol. The molecule has 1 N–H and O–H groups in total. The third kappa shape index (κ3) is 4.99. The molecule has 1 amide bonds. The van der Waals surface area contributed by atoms with Crippen molar-refractivity contribution in [3.05, 3.63) is 58.6 Å². The van der Waals surface area contributed by atoms with Crippen LogP contribution >= 0.6 is 11.6 Å². The van der Waals surface area contributed by atoms with Gasteiger partial charge in [-0.2, -0.15) is 0 Å². The van der Waals surface area contributed by atoms with Crippen LogP contribution in [0.5, 0.6) is 5.75 Å². The average molecular weight is 348 g/mol. The molecule has 0 saturated carbocycles. The van der Waals surface area contributed by atoms with Crippen molar-refractivity contribution in [2.45, 2.75) is 13.3 Å². The van der Waals surface area contributed by atoms with Crippen LogP contribution < -0.4 is 10.1 Å². The number of anilines is 1. The molecule has 0 spiro atoms. The summed E-state index contributed by atoms with van der Waals surface area (Å²) in [6.07, 6.45) is 0.0320. The van der Waals surface area contributed by atoms with E-state index in [4.69, 9.17) is 21.1 Å². The van der Waals surface area contributed by atoms with Crippen LogP contribution in [-0.2, 0) is 20.7 Å². The summed E-state index contributed by atoms with van der Waals surface area (Å²) in [6, 6.07) is 12.4. The molecule has 24 heavy (non-hydrogen) atoms. The first-order valence-electron chi connectivity index (χ1n) is 7.33. The molecule has 0 heterocycles. The smallest absolute Gasteiger partial charge is 0.310 e. The lowest BCUT2D eigenvalue weighted by atomic mass is 10.1. The number of nitrogens with one attached hydrogen (secondary N) is 1. The number of amides is 1. The Kier molecular flexibility index (Phi) is 6.21. The Balaban J connectivity index is 1.88. The molecule has 0 bridgehead atoms. The van der Waals surface area contributed by atoms with Gasteiger partial charge >= 0.3 is 5.97 Å². The Labute approximate surface area is 145 Å². The molecule has 0 aliphatic heterocycles. The van der Waals surface area contributed by atoms with Crippen LogP contribution in [0.1, 0.15) is 11.1 Å². The van der Waals surface area contributed by atoms with E-state index in [0.29, 0.717) is 22.0 Å². The molecule has 0 saturated heterocycles.